The number of thiophene rings is 1. The number of carbonyl (C=O) groups excluding carboxylic acids is 2. The molecule has 0 saturated heterocycles. The van der Waals surface area contributed by atoms with Gasteiger partial charge in [0.2, 0.25) is 0 Å². The monoisotopic (exact) mass is 465 g/mol. The van der Waals surface area contributed by atoms with Crippen LogP contribution in [0.3, 0.4) is 0 Å². The average Bonchev–Trinajstić information content (AvgIpc) is 3.21. The maximum atomic E-state index is 12.9. The number of anilines is 1. The van der Waals surface area contributed by atoms with Gasteiger partial charge in [0.05, 0.1) is 7.11 Å². The minimum atomic E-state index is -0.745. The van der Waals surface area contributed by atoms with Crippen molar-refractivity contribution >= 4 is 28.2 Å². The van der Waals surface area contributed by atoms with Crippen molar-refractivity contribution in [1.82, 2.24) is 0 Å². The second kappa shape index (κ2) is 10.2. The normalized spacial score (nSPS) is 12.2. The van der Waals surface area contributed by atoms with Crippen LogP contribution in [0.25, 0.3) is 11.1 Å². The second-order valence-corrected chi connectivity index (χ2v) is 9.80. The third-order valence-corrected chi connectivity index (χ3v) is 6.39. The Hall–Kier alpha value is -3.12. The zero-order valence-electron chi connectivity index (χ0n) is 20.0. The molecule has 0 spiro atoms. The third-order valence-electron chi connectivity index (χ3n) is 5.49. The molecule has 1 unspecified atom stereocenters. The lowest BCUT2D eigenvalue weighted by atomic mass is 9.87. The molecule has 3 aromatic rings. The Morgan fingerprint density at radius 3 is 2.21 bits per heavy atom. The fourth-order valence-corrected chi connectivity index (χ4v) is 4.35. The van der Waals surface area contributed by atoms with Crippen molar-refractivity contribution in [3.63, 3.8) is 0 Å². The summed E-state index contributed by atoms with van der Waals surface area (Å²) in [5.74, 6) is -0.219. The summed E-state index contributed by atoms with van der Waals surface area (Å²) in [6.07, 6.45) is 0.191. The van der Waals surface area contributed by atoms with Crippen LogP contribution in [0.5, 0.6) is 5.75 Å². The smallest absolute Gasteiger partial charge is 0.341 e. The molecule has 0 saturated carbocycles. The second-order valence-electron chi connectivity index (χ2n) is 8.92. The van der Waals surface area contributed by atoms with Crippen LogP contribution in [0.2, 0.25) is 0 Å². The summed E-state index contributed by atoms with van der Waals surface area (Å²) < 4.78 is 10.8. The molecule has 0 fully saturated rings. The molecule has 5 nitrogen and oxygen atoms in total. The fourth-order valence-electron chi connectivity index (χ4n) is 3.39. The number of aryl methyl sites for hydroxylation is 1. The minimum absolute atomic E-state index is 0.0412. The minimum Gasteiger partial charge on any atom is -0.481 e. The number of benzene rings is 2. The summed E-state index contributed by atoms with van der Waals surface area (Å²) in [5, 5.41) is 5.15. The van der Waals surface area contributed by atoms with Gasteiger partial charge < -0.3 is 14.8 Å². The number of amides is 1. The van der Waals surface area contributed by atoms with E-state index in [-0.39, 0.29) is 11.3 Å². The standard InChI is InChI=1S/C27H31NO4S/c1-7-18-8-10-19(11-9-18)22-16-33-25(23(22)26(30)31-6)28-24(29)17(2)32-21-14-12-20(13-15-21)27(3,4)5/h8-17H,7H2,1-6H3,(H,28,29). The van der Waals surface area contributed by atoms with Crippen molar-refractivity contribution < 1.29 is 19.1 Å². The van der Waals surface area contributed by atoms with Gasteiger partial charge in [0.1, 0.15) is 16.3 Å². The molecule has 1 atom stereocenters. The van der Waals surface area contributed by atoms with E-state index in [9.17, 15) is 9.59 Å². The number of ether oxygens (including phenoxy) is 2. The molecule has 0 aliphatic heterocycles. The van der Waals surface area contributed by atoms with E-state index in [0.29, 0.717) is 16.3 Å². The zero-order valence-corrected chi connectivity index (χ0v) is 20.8. The summed E-state index contributed by atoms with van der Waals surface area (Å²) in [6.45, 7) is 10.2. The maximum absolute atomic E-state index is 12.9. The van der Waals surface area contributed by atoms with Gasteiger partial charge in [-0.05, 0) is 47.6 Å². The van der Waals surface area contributed by atoms with E-state index in [1.54, 1.807) is 6.92 Å². The Morgan fingerprint density at radius 2 is 1.67 bits per heavy atom. The molecule has 33 heavy (non-hydrogen) atoms. The summed E-state index contributed by atoms with van der Waals surface area (Å²) >= 11 is 1.29. The highest BCUT2D eigenvalue weighted by atomic mass is 32.1. The van der Waals surface area contributed by atoms with Crippen molar-refractivity contribution in [3.05, 3.63) is 70.6 Å². The summed E-state index contributed by atoms with van der Waals surface area (Å²) in [4.78, 5) is 25.4. The SMILES string of the molecule is CCc1ccc(-c2csc(NC(=O)C(C)Oc3ccc(C(C)(C)C)cc3)c2C(=O)OC)cc1. The quantitative estimate of drug-likeness (QED) is 0.406. The van der Waals surface area contributed by atoms with Gasteiger partial charge in [0.15, 0.2) is 6.10 Å². The molecule has 2 aromatic carbocycles. The van der Waals surface area contributed by atoms with Crippen molar-refractivity contribution in [2.75, 3.05) is 12.4 Å². The number of nitrogens with one attached hydrogen (secondary N) is 1. The fraction of sp³-hybridized carbons (Fsp3) is 0.333. The molecule has 0 radical (unpaired) electrons. The van der Waals surface area contributed by atoms with Crippen LogP contribution in [-0.2, 0) is 21.4 Å². The van der Waals surface area contributed by atoms with Crippen LogP contribution in [0.4, 0.5) is 5.00 Å². The highest BCUT2D eigenvalue weighted by molar-refractivity contribution is 7.15. The number of carbonyl (C=O) groups is 2. The van der Waals surface area contributed by atoms with Crippen molar-refractivity contribution in [3.8, 4) is 16.9 Å². The number of esters is 1. The first-order chi connectivity index (χ1) is 15.6. The highest BCUT2D eigenvalue weighted by Gasteiger charge is 2.24. The Labute approximate surface area is 199 Å². The predicted octanol–water partition coefficient (Wildman–Crippen LogP) is 6.47. The maximum Gasteiger partial charge on any atom is 0.341 e. The summed E-state index contributed by atoms with van der Waals surface area (Å²) in [7, 11) is 1.34. The number of methoxy groups -OCH3 is 1. The summed E-state index contributed by atoms with van der Waals surface area (Å²) in [5.41, 5.74) is 4.42. The molecular formula is C27H31NO4S. The molecule has 0 bridgehead atoms. The van der Waals surface area contributed by atoms with Crippen LogP contribution in [-0.4, -0.2) is 25.1 Å². The molecular weight excluding hydrogens is 434 g/mol. The molecule has 1 aromatic heterocycles. The van der Waals surface area contributed by atoms with E-state index in [0.717, 1.165) is 17.5 Å². The molecule has 6 heteroatoms. The Morgan fingerprint density at radius 1 is 1.03 bits per heavy atom. The predicted molar refractivity (Wildman–Crippen MR) is 134 cm³/mol. The number of hydrogen-bond acceptors (Lipinski definition) is 5. The summed E-state index contributed by atoms with van der Waals surface area (Å²) in [6, 6.07) is 15.8. The van der Waals surface area contributed by atoms with E-state index in [1.807, 2.05) is 53.9 Å². The van der Waals surface area contributed by atoms with Gasteiger partial charge in [-0.25, -0.2) is 4.79 Å². The van der Waals surface area contributed by atoms with Gasteiger partial charge in [-0.2, -0.15) is 0 Å². The lowest BCUT2D eigenvalue weighted by molar-refractivity contribution is -0.122. The molecule has 174 valence electrons. The highest BCUT2D eigenvalue weighted by Crippen LogP contribution is 2.36. The van der Waals surface area contributed by atoms with Crippen molar-refractivity contribution in [2.45, 2.75) is 52.6 Å². The zero-order chi connectivity index (χ0) is 24.2. The van der Waals surface area contributed by atoms with E-state index in [1.165, 1.54) is 29.6 Å². The molecule has 0 aliphatic rings. The Balaban J connectivity index is 1.78. The van der Waals surface area contributed by atoms with E-state index in [2.05, 4.69) is 33.0 Å². The van der Waals surface area contributed by atoms with Crippen molar-refractivity contribution in [2.24, 2.45) is 0 Å². The first kappa shape index (κ1) is 24.5. The van der Waals surface area contributed by atoms with E-state index in [4.69, 9.17) is 9.47 Å². The van der Waals surface area contributed by atoms with Crippen LogP contribution >= 0.6 is 11.3 Å². The lowest BCUT2D eigenvalue weighted by Crippen LogP contribution is -2.30. The van der Waals surface area contributed by atoms with Gasteiger partial charge in [-0.1, -0.05) is 64.1 Å². The van der Waals surface area contributed by atoms with Crippen LogP contribution in [0.15, 0.2) is 53.9 Å². The van der Waals surface area contributed by atoms with Crippen molar-refractivity contribution in [1.29, 1.82) is 0 Å². The molecule has 3 rings (SSSR count). The van der Waals surface area contributed by atoms with Gasteiger partial charge >= 0.3 is 5.97 Å². The molecule has 0 aliphatic carbocycles. The Kier molecular flexibility index (Phi) is 7.59. The number of rotatable bonds is 7. The third kappa shape index (κ3) is 5.82. The Bertz CT molecular complexity index is 1110. The van der Waals surface area contributed by atoms with Gasteiger partial charge in [-0.15, -0.1) is 11.3 Å². The van der Waals surface area contributed by atoms with Crippen LogP contribution in [0, 0.1) is 0 Å². The molecule has 1 N–H and O–H groups in total. The molecule has 1 amide bonds. The molecule has 1 heterocycles. The largest absolute Gasteiger partial charge is 0.481 e. The first-order valence-electron chi connectivity index (χ1n) is 11.0. The number of hydrogen-bond donors (Lipinski definition) is 1. The van der Waals surface area contributed by atoms with Gasteiger partial charge in [0.25, 0.3) is 5.91 Å². The van der Waals surface area contributed by atoms with E-state index >= 15 is 0 Å². The van der Waals surface area contributed by atoms with Gasteiger partial charge in [-0.3, -0.25) is 4.79 Å². The average molecular weight is 466 g/mol. The van der Waals surface area contributed by atoms with Crippen LogP contribution in [0.1, 0.15) is 56.1 Å². The van der Waals surface area contributed by atoms with E-state index < -0.39 is 12.1 Å². The van der Waals surface area contributed by atoms with Crippen LogP contribution < -0.4 is 10.1 Å². The van der Waals surface area contributed by atoms with Gasteiger partial charge in [0, 0.05) is 10.9 Å². The topological polar surface area (TPSA) is 64.6 Å². The lowest BCUT2D eigenvalue weighted by Gasteiger charge is -2.20. The first-order valence-corrected chi connectivity index (χ1v) is 11.9.